The van der Waals surface area contributed by atoms with Crippen molar-refractivity contribution >= 4 is 23.2 Å². The molecule has 24 heavy (non-hydrogen) atoms. The Balaban J connectivity index is 2.63. The predicted molar refractivity (Wildman–Crippen MR) is 94.8 cm³/mol. The van der Waals surface area contributed by atoms with E-state index in [0.29, 0.717) is 10.6 Å². The van der Waals surface area contributed by atoms with Crippen LogP contribution in [-0.2, 0) is 6.18 Å². The smallest absolute Gasteiger partial charge is 0.166 e. The largest absolute Gasteiger partial charge is 0.416 e. The molecule has 0 heterocycles. The minimum absolute atomic E-state index is 0.0642. The molecule has 0 N–H and O–H groups in total. The van der Waals surface area contributed by atoms with Crippen molar-refractivity contribution in [3.05, 3.63) is 57.6 Å². The summed E-state index contributed by atoms with van der Waals surface area (Å²) in [6.07, 6.45) is -1.55. The highest BCUT2D eigenvalue weighted by molar-refractivity contribution is 6.31. The molecule has 0 aromatic heterocycles. The second kappa shape index (κ2) is 7.79. The van der Waals surface area contributed by atoms with E-state index in [1.165, 1.54) is 0 Å². The molecular formula is C19H19Cl2F3. The minimum Gasteiger partial charge on any atom is -0.166 e. The van der Waals surface area contributed by atoms with Crippen molar-refractivity contribution in [1.29, 1.82) is 0 Å². The van der Waals surface area contributed by atoms with Crippen molar-refractivity contribution in [3.8, 4) is 11.1 Å². The summed E-state index contributed by atoms with van der Waals surface area (Å²) in [4.78, 5) is 0. The average Bonchev–Trinajstić information content (AvgIpc) is 2.51. The number of halogens is 5. The fraction of sp³-hybridized carbons (Fsp3) is 0.368. The van der Waals surface area contributed by atoms with Crippen LogP contribution in [0.4, 0.5) is 13.2 Å². The van der Waals surface area contributed by atoms with Gasteiger partial charge in [-0.05, 0) is 65.8 Å². The molecule has 2 rings (SSSR count). The maximum Gasteiger partial charge on any atom is 0.416 e. The Morgan fingerprint density at radius 2 is 1.67 bits per heavy atom. The van der Waals surface area contributed by atoms with Crippen molar-refractivity contribution in [2.75, 3.05) is 0 Å². The third-order valence-corrected chi connectivity index (χ3v) is 4.57. The maximum atomic E-state index is 13.1. The van der Waals surface area contributed by atoms with Crippen LogP contribution in [-0.4, -0.2) is 0 Å². The molecule has 5 heteroatoms. The zero-order valence-electron chi connectivity index (χ0n) is 13.6. The Kier molecular flexibility index (Phi) is 6.22. The summed E-state index contributed by atoms with van der Waals surface area (Å²) in [6, 6.07) is 9.06. The monoisotopic (exact) mass is 374 g/mol. The van der Waals surface area contributed by atoms with Gasteiger partial charge in [0.2, 0.25) is 0 Å². The van der Waals surface area contributed by atoms with Crippen LogP contribution in [0.25, 0.3) is 11.1 Å². The van der Waals surface area contributed by atoms with Gasteiger partial charge in [-0.1, -0.05) is 49.5 Å². The van der Waals surface area contributed by atoms with Gasteiger partial charge in [0, 0.05) is 10.0 Å². The highest BCUT2D eigenvalue weighted by atomic mass is 35.5. The fourth-order valence-corrected chi connectivity index (χ4v) is 3.38. The van der Waals surface area contributed by atoms with Gasteiger partial charge in [0.1, 0.15) is 0 Å². The molecule has 0 saturated carbocycles. The SMILES string of the molecule is CCCC(CC)c1ccc(Cl)cc1-c1cc(Cl)cc(C(F)(F)F)c1. The van der Waals surface area contributed by atoms with Gasteiger partial charge in [-0.25, -0.2) is 0 Å². The lowest BCUT2D eigenvalue weighted by Crippen LogP contribution is -2.05. The summed E-state index contributed by atoms with van der Waals surface area (Å²) >= 11 is 12.0. The lowest BCUT2D eigenvalue weighted by molar-refractivity contribution is -0.137. The molecule has 2 aromatic carbocycles. The molecule has 2 aromatic rings. The lowest BCUT2D eigenvalue weighted by atomic mass is 9.86. The summed E-state index contributed by atoms with van der Waals surface area (Å²) in [5.41, 5.74) is 1.43. The van der Waals surface area contributed by atoms with Gasteiger partial charge >= 0.3 is 6.18 Å². The molecule has 1 atom stereocenters. The van der Waals surface area contributed by atoms with E-state index < -0.39 is 11.7 Å². The first-order chi connectivity index (χ1) is 11.3. The van der Waals surface area contributed by atoms with E-state index in [-0.39, 0.29) is 10.9 Å². The predicted octanol–water partition coefficient (Wildman–Crippen LogP) is 7.97. The lowest BCUT2D eigenvalue weighted by Gasteiger charge is -2.20. The molecule has 0 aliphatic rings. The molecule has 0 radical (unpaired) electrons. The van der Waals surface area contributed by atoms with Crippen LogP contribution < -0.4 is 0 Å². The van der Waals surface area contributed by atoms with Crippen LogP contribution >= 0.6 is 23.2 Å². The maximum absolute atomic E-state index is 13.1. The van der Waals surface area contributed by atoms with E-state index >= 15 is 0 Å². The standard InChI is InChI=1S/C19H19Cl2F3/c1-3-5-12(4-2)17-7-6-15(20)11-18(17)13-8-14(19(22,23)24)10-16(21)9-13/h6-12H,3-5H2,1-2H3. The van der Waals surface area contributed by atoms with Gasteiger partial charge in [-0.3, -0.25) is 0 Å². The third kappa shape index (κ3) is 4.46. The van der Waals surface area contributed by atoms with Crippen LogP contribution in [0.15, 0.2) is 36.4 Å². The van der Waals surface area contributed by atoms with Crippen molar-refractivity contribution in [2.24, 2.45) is 0 Å². The van der Waals surface area contributed by atoms with Crippen molar-refractivity contribution < 1.29 is 13.2 Å². The van der Waals surface area contributed by atoms with Crippen molar-refractivity contribution in [1.82, 2.24) is 0 Å². The van der Waals surface area contributed by atoms with Gasteiger partial charge < -0.3 is 0 Å². The summed E-state index contributed by atoms with van der Waals surface area (Å²) in [5, 5.41) is 0.558. The molecule has 1 unspecified atom stereocenters. The van der Waals surface area contributed by atoms with Crippen molar-refractivity contribution in [3.63, 3.8) is 0 Å². The van der Waals surface area contributed by atoms with E-state index in [0.717, 1.165) is 42.5 Å². The van der Waals surface area contributed by atoms with Crippen molar-refractivity contribution in [2.45, 2.75) is 45.2 Å². The van der Waals surface area contributed by atoms with E-state index in [4.69, 9.17) is 23.2 Å². The number of alkyl halides is 3. The Morgan fingerprint density at radius 1 is 0.958 bits per heavy atom. The Morgan fingerprint density at radius 3 is 2.25 bits per heavy atom. The Hall–Kier alpha value is -1.19. The molecule has 0 nitrogen and oxygen atoms in total. The highest BCUT2D eigenvalue weighted by Crippen LogP contribution is 2.39. The van der Waals surface area contributed by atoms with Gasteiger partial charge in [0.15, 0.2) is 0 Å². The summed E-state index contributed by atoms with van der Waals surface area (Å²) in [7, 11) is 0. The second-order valence-electron chi connectivity index (χ2n) is 5.85. The number of hydrogen-bond donors (Lipinski definition) is 0. The molecule has 0 fully saturated rings. The Bertz CT molecular complexity index is 708. The highest BCUT2D eigenvalue weighted by Gasteiger charge is 2.31. The molecular weight excluding hydrogens is 356 g/mol. The minimum atomic E-state index is -4.44. The molecule has 0 aliphatic heterocycles. The van der Waals surface area contributed by atoms with Gasteiger partial charge in [-0.15, -0.1) is 0 Å². The first-order valence-corrected chi connectivity index (χ1v) is 8.69. The third-order valence-electron chi connectivity index (χ3n) is 4.12. The molecule has 0 saturated heterocycles. The summed E-state index contributed by atoms with van der Waals surface area (Å²) in [5.74, 6) is 0.274. The fourth-order valence-electron chi connectivity index (χ4n) is 2.97. The molecule has 130 valence electrons. The molecule has 0 amide bonds. The van der Waals surface area contributed by atoms with Gasteiger partial charge in [-0.2, -0.15) is 13.2 Å². The van der Waals surface area contributed by atoms with Gasteiger partial charge in [0.05, 0.1) is 5.56 Å². The van der Waals surface area contributed by atoms with E-state index in [2.05, 4.69) is 13.8 Å². The zero-order valence-corrected chi connectivity index (χ0v) is 15.1. The molecule has 0 aliphatic carbocycles. The topological polar surface area (TPSA) is 0 Å². The average molecular weight is 375 g/mol. The van der Waals surface area contributed by atoms with Crippen LogP contribution in [0.3, 0.4) is 0 Å². The second-order valence-corrected chi connectivity index (χ2v) is 6.72. The normalized spacial score (nSPS) is 13.1. The van der Waals surface area contributed by atoms with Crippen LogP contribution in [0.1, 0.15) is 50.2 Å². The van der Waals surface area contributed by atoms with E-state index in [1.807, 2.05) is 6.07 Å². The van der Waals surface area contributed by atoms with E-state index in [1.54, 1.807) is 18.2 Å². The Labute approximate surface area is 150 Å². The van der Waals surface area contributed by atoms with Crippen LogP contribution in [0.5, 0.6) is 0 Å². The van der Waals surface area contributed by atoms with E-state index in [9.17, 15) is 13.2 Å². The summed E-state index contributed by atoms with van der Waals surface area (Å²) < 4.78 is 39.3. The molecule has 0 bridgehead atoms. The quantitative estimate of drug-likeness (QED) is 0.497. The first-order valence-electron chi connectivity index (χ1n) is 7.93. The van der Waals surface area contributed by atoms with Gasteiger partial charge in [0.25, 0.3) is 0 Å². The van der Waals surface area contributed by atoms with Crippen LogP contribution in [0, 0.1) is 0 Å². The number of hydrogen-bond acceptors (Lipinski definition) is 0. The summed E-state index contributed by atoms with van der Waals surface area (Å²) in [6.45, 7) is 4.18. The number of benzene rings is 2. The first kappa shape index (κ1) is 19.1. The number of rotatable bonds is 5. The molecule has 0 spiro atoms. The zero-order chi connectivity index (χ0) is 17.9. The van der Waals surface area contributed by atoms with Crippen LogP contribution in [0.2, 0.25) is 10.0 Å².